The molecule has 0 rings (SSSR count). The van der Waals surface area contributed by atoms with Crippen LogP contribution in [0.3, 0.4) is 0 Å². The summed E-state index contributed by atoms with van der Waals surface area (Å²) < 4.78 is 68.5. The number of hydrogen-bond acceptors (Lipinski definition) is 15. The van der Waals surface area contributed by atoms with Gasteiger partial charge in [0.15, 0.2) is 12.2 Å². The highest BCUT2D eigenvalue weighted by molar-refractivity contribution is 7.47. The van der Waals surface area contributed by atoms with Crippen molar-refractivity contribution in [2.75, 3.05) is 39.6 Å². The van der Waals surface area contributed by atoms with Crippen LogP contribution in [-0.2, 0) is 65.4 Å². The van der Waals surface area contributed by atoms with E-state index in [1.54, 1.807) is 12.2 Å². The molecule has 106 heavy (non-hydrogen) atoms. The van der Waals surface area contributed by atoms with Crippen LogP contribution >= 0.6 is 15.6 Å². The Morgan fingerprint density at radius 3 is 0.849 bits per heavy atom. The van der Waals surface area contributed by atoms with E-state index in [1.807, 2.05) is 12.2 Å². The van der Waals surface area contributed by atoms with Gasteiger partial charge >= 0.3 is 39.5 Å². The zero-order chi connectivity index (χ0) is 77.4. The summed E-state index contributed by atoms with van der Waals surface area (Å²) >= 11 is 0. The largest absolute Gasteiger partial charge is 0.472 e. The lowest BCUT2D eigenvalue weighted by Crippen LogP contribution is -2.30. The first-order valence-corrected chi connectivity index (χ1v) is 43.0. The van der Waals surface area contributed by atoms with Gasteiger partial charge in [0.1, 0.15) is 19.3 Å². The van der Waals surface area contributed by atoms with Crippen LogP contribution in [-0.4, -0.2) is 96.7 Å². The van der Waals surface area contributed by atoms with Gasteiger partial charge in [-0.1, -0.05) is 281 Å². The van der Waals surface area contributed by atoms with Gasteiger partial charge in [0.25, 0.3) is 0 Å². The summed E-state index contributed by atoms with van der Waals surface area (Å²) in [5.74, 6) is -2.40. The maximum absolute atomic E-state index is 13.1. The summed E-state index contributed by atoms with van der Waals surface area (Å²) in [5, 5.41) is 10.6. The Kier molecular flexibility index (Phi) is 73.1. The van der Waals surface area contributed by atoms with E-state index in [-0.39, 0.29) is 25.7 Å². The quantitative estimate of drug-likeness (QED) is 0.0169. The van der Waals surface area contributed by atoms with E-state index in [9.17, 15) is 43.2 Å². The third-order valence-electron chi connectivity index (χ3n) is 15.9. The lowest BCUT2D eigenvalue weighted by molar-refractivity contribution is -0.161. The third-order valence-corrected chi connectivity index (χ3v) is 17.8. The number of carbonyl (C=O) groups is 4. The number of aliphatic hydroxyl groups excluding tert-OH is 1. The molecule has 0 aliphatic heterocycles. The SMILES string of the molecule is CC/C=C\C/C=C\C/C=C\C/C=C\C/C=C\CCCCCC(=O)OCC(COP(=O)(O)OCC(O)COP(=O)(O)OCC(COC(=O)CCCCCCCCC/C=C\C/C=C\C/C=C\CC)OC(=O)C/C=C\C/C=C\C/C=C\C/C=C\C/C=C\CC)OC(=O)CCCCCCC/C=C\C/C=C\CCCCC. The van der Waals surface area contributed by atoms with Crippen molar-refractivity contribution in [1.82, 2.24) is 0 Å². The Morgan fingerprint density at radius 2 is 0.528 bits per heavy atom. The zero-order valence-electron chi connectivity index (χ0n) is 65.5. The highest BCUT2D eigenvalue weighted by Crippen LogP contribution is 2.45. The number of phosphoric ester groups is 2. The second kappa shape index (κ2) is 77.3. The molecule has 17 nitrogen and oxygen atoms in total. The van der Waals surface area contributed by atoms with Crippen LogP contribution in [0.1, 0.15) is 285 Å². The lowest BCUT2D eigenvalue weighted by atomic mass is 10.1. The van der Waals surface area contributed by atoms with Gasteiger partial charge in [-0.25, -0.2) is 9.13 Å². The fourth-order valence-corrected chi connectivity index (χ4v) is 11.5. The van der Waals surface area contributed by atoms with E-state index in [4.69, 9.17) is 37.0 Å². The minimum absolute atomic E-state index is 0.0620. The first-order chi connectivity index (χ1) is 51.7. The smallest absolute Gasteiger partial charge is 0.462 e. The number of allylic oxidation sites excluding steroid dienone is 29. The van der Waals surface area contributed by atoms with Crippen molar-refractivity contribution < 1.29 is 80.2 Å². The molecule has 0 fully saturated rings. The first kappa shape index (κ1) is 100. The molecule has 0 aromatic rings. The van der Waals surface area contributed by atoms with Crippen molar-refractivity contribution in [3.05, 3.63) is 182 Å². The Morgan fingerprint density at radius 1 is 0.283 bits per heavy atom. The number of unbranched alkanes of at least 4 members (excludes halogenated alkanes) is 18. The number of ether oxygens (including phenoxy) is 4. The fraction of sp³-hybridized carbons (Fsp3) is 0.609. The maximum Gasteiger partial charge on any atom is 0.472 e. The van der Waals surface area contributed by atoms with Crippen LogP contribution in [0.5, 0.6) is 0 Å². The lowest BCUT2D eigenvalue weighted by Gasteiger charge is -2.21. The molecule has 0 spiro atoms. The molecular weight excluding hydrogens is 1380 g/mol. The van der Waals surface area contributed by atoms with Gasteiger partial charge in [-0.3, -0.25) is 37.3 Å². The van der Waals surface area contributed by atoms with Crippen LogP contribution in [0.25, 0.3) is 0 Å². The van der Waals surface area contributed by atoms with E-state index in [0.29, 0.717) is 25.7 Å². The fourth-order valence-electron chi connectivity index (χ4n) is 9.89. The summed E-state index contributed by atoms with van der Waals surface area (Å²) in [6.45, 7) is 4.31. The maximum atomic E-state index is 13.1. The topological polar surface area (TPSA) is 237 Å². The molecule has 5 unspecified atom stereocenters. The summed E-state index contributed by atoms with van der Waals surface area (Å²) in [6, 6.07) is 0. The highest BCUT2D eigenvalue weighted by atomic mass is 31.2. The number of hydrogen-bond donors (Lipinski definition) is 3. The predicted octanol–water partition coefficient (Wildman–Crippen LogP) is 23.6. The van der Waals surface area contributed by atoms with Crippen molar-refractivity contribution in [2.45, 2.75) is 303 Å². The molecule has 0 saturated heterocycles. The molecule has 5 atom stereocenters. The summed E-state index contributed by atoms with van der Waals surface area (Å²) in [7, 11) is -10.0. The molecule has 0 aromatic carbocycles. The Balaban J connectivity index is 5.49. The number of carbonyl (C=O) groups excluding carboxylic acids is 4. The third kappa shape index (κ3) is 76.4. The standard InChI is InChI=1S/C87H140O17P2/c1-5-9-13-17-21-25-29-33-37-39-40-42-46-48-52-56-60-64-68-72-85(90)98-78-83(104-87(92)74-70-66-62-58-54-50-44-36-32-28-24-20-16-12-8-4)80-102-106(95,96)100-76-81(88)75-99-105(93,94)101-79-82(103-86(91)73-69-65-61-57-53-49-43-35-31-27-23-19-15-11-7-3)77-97-84(89)71-67-63-59-55-51-47-45-41-38-34-30-26-22-18-14-10-6-2/h9-11,13-15,21-28,33-38,40,42-44,48,52-53,57,65,69,81-83,88H,5-8,12,16-20,29-32,39,41,45-47,49-51,54-56,58-64,66-68,70-80H2,1-4H3,(H,93,94)(H,95,96)/b13-9-,14-10-,15-11-,25-21-,26-22-,27-23-,28-24-,37-33-,38-34-,42-40-,43-35-,44-36-,52-48-,57-53-,69-65-. The zero-order valence-corrected chi connectivity index (χ0v) is 67.3. The molecule has 3 N–H and O–H groups in total. The monoisotopic (exact) mass is 1520 g/mol. The Labute approximate surface area is 641 Å². The molecule has 0 radical (unpaired) electrons. The van der Waals surface area contributed by atoms with Crippen LogP contribution in [0.2, 0.25) is 0 Å². The summed E-state index contributed by atoms with van der Waals surface area (Å²) in [4.78, 5) is 73.0. The van der Waals surface area contributed by atoms with Crippen LogP contribution < -0.4 is 0 Å². The molecular formula is C87H140O17P2. The number of rotatable bonds is 73. The van der Waals surface area contributed by atoms with Crippen LogP contribution in [0, 0.1) is 0 Å². The highest BCUT2D eigenvalue weighted by Gasteiger charge is 2.30. The van der Waals surface area contributed by atoms with Gasteiger partial charge in [-0.2, -0.15) is 0 Å². The molecule has 0 aliphatic carbocycles. The first-order valence-electron chi connectivity index (χ1n) is 40.0. The number of phosphoric acid groups is 2. The van der Waals surface area contributed by atoms with E-state index in [1.165, 1.54) is 19.3 Å². The second-order valence-electron chi connectivity index (χ2n) is 25.9. The average Bonchev–Trinajstić information content (AvgIpc) is 0.909. The van der Waals surface area contributed by atoms with Gasteiger partial charge in [0.2, 0.25) is 0 Å². The minimum atomic E-state index is -5.02. The normalized spacial score (nSPS) is 14.8. The van der Waals surface area contributed by atoms with E-state index >= 15 is 0 Å². The number of aliphatic hydroxyl groups is 1. The average molecular weight is 1520 g/mol. The van der Waals surface area contributed by atoms with Crippen LogP contribution in [0.15, 0.2) is 182 Å². The molecule has 19 heteroatoms. The molecule has 0 heterocycles. The Bertz CT molecular complexity index is 2730. The molecule has 0 saturated carbocycles. The molecule has 0 amide bonds. The van der Waals surface area contributed by atoms with Crippen molar-refractivity contribution >= 4 is 39.5 Å². The molecule has 0 aromatic heterocycles. The van der Waals surface area contributed by atoms with Crippen LogP contribution in [0.4, 0.5) is 0 Å². The second-order valence-corrected chi connectivity index (χ2v) is 28.8. The number of esters is 4. The predicted molar refractivity (Wildman–Crippen MR) is 436 cm³/mol. The Hall–Kier alpha value is -5.84. The minimum Gasteiger partial charge on any atom is -0.462 e. The van der Waals surface area contributed by atoms with E-state index in [0.717, 1.165) is 186 Å². The van der Waals surface area contributed by atoms with Crippen molar-refractivity contribution in [2.24, 2.45) is 0 Å². The van der Waals surface area contributed by atoms with Crippen molar-refractivity contribution in [3.8, 4) is 0 Å². The summed E-state index contributed by atoms with van der Waals surface area (Å²) in [6.07, 6.45) is 93.3. The van der Waals surface area contributed by atoms with Crippen molar-refractivity contribution in [3.63, 3.8) is 0 Å². The van der Waals surface area contributed by atoms with E-state index in [2.05, 4.69) is 186 Å². The van der Waals surface area contributed by atoms with Gasteiger partial charge in [-0.05, 0) is 161 Å². The van der Waals surface area contributed by atoms with Crippen molar-refractivity contribution in [1.29, 1.82) is 0 Å². The molecule has 0 bridgehead atoms. The van der Waals surface area contributed by atoms with E-state index < -0.39 is 97.5 Å². The van der Waals surface area contributed by atoms with Gasteiger partial charge in [-0.15, -0.1) is 0 Å². The summed E-state index contributed by atoms with van der Waals surface area (Å²) in [5.41, 5.74) is 0. The van der Waals surface area contributed by atoms with Gasteiger partial charge in [0.05, 0.1) is 32.8 Å². The molecule has 600 valence electrons. The van der Waals surface area contributed by atoms with Gasteiger partial charge < -0.3 is 33.8 Å². The molecule has 0 aliphatic rings. The van der Waals surface area contributed by atoms with Gasteiger partial charge in [0, 0.05) is 19.3 Å².